The van der Waals surface area contributed by atoms with Crippen LogP contribution in [0.15, 0.2) is 5.38 Å². The number of ether oxygens (including phenoxy) is 1. The number of aromatic nitrogens is 1. The van der Waals surface area contributed by atoms with E-state index in [1.165, 1.54) is 31.3 Å². The van der Waals surface area contributed by atoms with Gasteiger partial charge in [0, 0.05) is 10.9 Å². The molecule has 0 radical (unpaired) electrons. The molecule has 0 saturated heterocycles. The fourth-order valence-corrected chi connectivity index (χ4v) is 1.93. The Kier molecular flexibility index (Phi) is 2.19. The molecule has 1 heterocycles. The van der Waals surface area contributed by atoms with Crippen LogP contribution < -0.4 is 5.32 Å². The predicted octanol–water partition coefficient (Wildman–Crippen LogP) is 1.89. The van der Waals surface area contributed by atoms with E-state index in [9.17, 15) is 4.79 Å². The summed E-state index contributed by atoms with van der Waals surface area (Å²) >= 11 is 1.44. The zero-order valence-electron chi connectivity index (χ0n) is 8.16. The molecule has 1 aromatic rings. The summed E-state index contributed by atoms with van der Waals surface area (Å²) in [6.45, 7) is 2.15. The van der Waals surface area contributed by atoms with E-state index in [2.05, 4.69) is 22.0 Å². The van der Waals surface area contributed by atoms with Crippen molar-refractivity contribution >= 4 is 22.4 Å². The van der Waals surface area contributed by atoms with Gasteiger partial charge in [0.05, 0.1) is 7.11 Å². The molecule has 1 fully saturated rings. The van der Waals surface area contributed by atoms with Gasteiger partial charge in [-0.05, 0) is 19.8 Å². The van der Waals surface area contributed by atoms with Crippen molar-refractivity contribution < 1.29 is 9.53 Å². The van der Waals surface area contributed by atoms with Gasteiger partial charge in [0.15, 0.2) is 10.8 Å². The smallest absolute Gasteiger partial charge is 0.357 e. The molecule has 0 spiro atoms. The van der Waals surface area contributed by atoms with Crippen molar-refractivity contribution in [2.45, 2.75) is 25.3 Å². The number of hydrogen-bond acceptors (Lipinski definition) is 5. The second kappa shape index (κ2) is 3.24. The highest BCUT2D eigenvalue weighted by atomic mass is 32.1. The minimum Gasteiger partial charge on any atom is -0.464 e. The number of esters is 1. The molecule has 1 aliphatic rings. The number of carbonyl (C=O) groups is 1. The van der Waals surface area contributed by atoms with Crippen molar-refractivity contribution in [1.82, 2.24) is 4.98 Å². The SMILES string of the molecule is COC(=O)c1csc(NC2(C)CC2)n1. The van der Waals surface area contributed by atoms with E-state index >= 15 is 0 Å². The Bertz CT molecular complexity index is 357. The fraction of sp³-hybridized carbons (Fsp3) is 0.556. The van der Waals surface area contributed by atoms with E-state index in [0.29, 0.717) is 5.69 Å². The van der Waals surface area contributed by atoms with Gasteiger partial charge < -0.3 is 10.1 Å². The number of nitrogens with zero attached hydrogens (tertiary/aromatic N) is 1. The van der Waals surface area contributed by atoms with Crippen LogP contribution in [0.5, 0.6) is 0 Å². The average Bonchev–Trinajstić information content (AvgIpc) is 2.71. The van der Waals surface area contributed by atoms with Crippen molar-refractivity contribution in [2.75, 3.05) is 12.4 Å². The van der Waals surface area contributed by atoms with Gasteiger partial charge in [-0.3, -0.25) is 0 Å². The van der Waals surface area contributed by atoms with E-state index < -0.39 is 0 Å². The minimum atomic E-state index is -0.379. The molecule has 0 aliphatic heterocycles. The second-order valence-corrected chi connectivity index (χ2v) is 4.57. The lowest BCUT2D eigenvalue weighted by atomic mass is 10.3. The summed E-state index contributed by atoms with van der Waals surface area (Å²) in [5.74, 6) is -0.379. The molecule has 1 aromatic heterocycles. The zero-order valence-corrected chi connectivity index (χ0v) is 8.98. The van der Waals surface area contributed by atoms with Gasteiger partial charge in [-0.25, -0.2) is 9.78 Å². The topological polar surface area (TPSA) is 51.2 Å². The van der Waals surface area contributed by atoms with Gasteiger partial charge in [-0.2, -0.15) is 0 Å². The highest BCUT2D eigenvalue weighted by molar-refractivity contribution is 7.13. The summed E-state index contributed by atoms with van der Waals surface area (Å²) in [6, 6.07) is 0. The van der Waals surface area contributed by atoms with Crippen molar-refractivity contribution in [3.63, 3.8) is 0 Å². The summed E-state index contributed by atoms with van der Waals surface area (Å²) in [4.78, 5) is 15.2. The van der Waals surface area contributed by atoms with Crippen molar-refractivity contribution in [3.8, 4) is 0 Å². The van der Waals surface area contributed by atoms with Crippen molar-refractivity contribution in [2.24, 2.45) is 0 Å². The molecule has 4 nitrogen and oxygen atoms in total. The molecular weight excluding hydrogens is 200 g/mol. The Morgan fingerprint density at radius 1 is 1.71 bits per heavy atom. The first-order valence-electron chi connectivity index (χ1n) is 4.45. The van der Waals surface area contributed by atoms with Crippen molar-refractivity contribution in [1.29, 1.82) is 0 Å². The van der Waals surface area contributed by atoms with Crippen LogP contribution in [0.4, 0.5) is 5.13 Å². The number of methoxy groups -OCH3 is 1. The van der Waals surface area contributed by atoms with Crippen LogP contribution in [0.2, 0.25) is 0 Å². The average molecular weight is 212 g/mol. The van der Waals surface area contributed by atoms with Gasteiger partial charge in [0.1, 0.15) is 0 Å². The molecule has 0 unspecified atom stereocenters. The maximum atomic E-state index is 11.1. The Hall–Kier alpha value is -1.10. The Morgan fingerprint density at radius 2 is 2.43 bits per heavy atom. The quantitative estimate of drug-likeness (QED) is 0.777. The monoisotopic (exact) mass is 212 g/mol. The van der Waals surface area contributed by atoms with Gasteiger partial charge in [0.25, 0.3) is 0 Å². The lowest BCUT2D eigenvalue weighted by Gasteiger charge is -2.08. The third-order valence-electron chi connectivity index (χ3n) is 2.31. The molecule has 1 saturated carbocycles. The molecule has 1 N–H and O–H groups in total. The molecule has 0 bridgehead atoms. The molecule has 0 amide bonds. The largest absolute Gasteiger partial charge is 0.464 e. The van der Waals surface area contributed by atoms with Crippen LogP contribution in [0.1, 0.15) is 30.3 Å². The lowest BCUT2D eigenvalue weighted by Crippen LogP contribution is -2.15. The number of thiazole rings is 1. The third kappa shape index (κ3) is 1.87. The molecule has 1 aliphatic carbocycles. The van der Waals surface area contributed by atoms with Crippen LogP contribution in [-0.4, -0.2) is 23.6 Å². The van der Waals surface area contributed by atoms with Crippen molar-refractivity contribution in [3.05, 3.63) is 11.1 Å². The Balaban J connectivity index is 2.06. The fourth-order valence-electron chi connectivity index (χ4n) is 1.10. The molecular formula is C9H12N2O2S. The number of hydrogen-bond donors (Lipinski definition) is 1. The third-order valence-corrected chi connectivity index (χ3v) is 3.07. The standard InChI is InChI=1S/C9H12N2O2S/c1-9(3-4-9)11-8-10-6(5-14-8)7(12)13-2/h5H,3-4H2,1-2H3,(H,10,11). The predicted molar refractivity (Wildman–Crippen MR) is 54.7 cm³/mol. The summed E-state index contributed by atoms with van der Waals surface area (Å²) in [5, 5.41) is 5.80. The maximum Gasteiger partial charge on any atom is 0.357 e. The van der Waals surface area contributed by atoms with Crippen LogP contribution in [-0.2, 0) is 4.74 Å². The van der Waals surface area contributed by atoms with E-state index in [4.69, 9.17) is 0 Å². The van der Waals surface area contributed by atoms with Gasteiger partial charge >= 0.3 is 5.97 Å². The molecule has 0 atom stereocenters. The van der Waals surface area contributed by atoms with Crippen LogP contribution in [0.3, 0.4) is 0 Å². The molecule has 14 heavy (non-hydrogen) atoms. The van der Waals surface area contributed by atoms with Gasteiger partial charge in [-0.15, -0.1) is 11.3 Å². The minimum absolute atomic E-state index is 0.200. The zero-order chi connectivity index (χ0) is 10.2. The summed E-state index contributed by atoms with van der Waals surface area (Å²) < 4.78 is 4.57. The van der Waals surface area contributed by atoms with E-state index in [0.717, 1.165) is 5.13 Å². The number of rotatable bonds is 3. The Morgan fingerprint density at radius 3 is 3.00 bits per heavy atom. The highest BCUT2D eigenvalue weighted by Gasteiger charge is 2.37. The Labute approximate surface area is 86.3 Å². The van der Waals surface area contributed by atoms with Gasteiger partial charge in [0.2, 0.25) is 0 Å². The van der Waals surface area contributed by atoms with E-state index in [-0.39, 0.29) is 11.5 Å². The maximum absolute atomic E-state index is 11.1. The second-order valence-electron chi connectivity index (χ2n) is 3.72. The van der Waals surface area contributed by atoms with Crippen LogP contribution in [0, 0.1) is 0 Å². The first-order chi connectivity index (χ1) is 6.63. The number of anilines is 1. The molecule has 76 valence electrons. The first-order valence-corrected chi connectivity index (χ1v) is 5.33. The normalized spacial score (nSPS) is 17.6. The first kappa shape index (κ1) is 9.45. The molecule has 2 rings (SSSR count). The lowest BCUT2D eigenvalue weighted by molar-refractivity contribution is 0.0595. The molecule has 0 aromatic carbocycles. The number of nitrogens with one attached hydrogen (secondary N) is 1. The summed E-state index contributed by atoms with van der Waals surface area (Å²) in [5.41, 5.74) is 0.579. The molecule has 5 heteroatoms. The highest BCUT2D eigenvalue weighted by Crippen LogP contribution is 2.38. The summed E-state index contributed by atoms with van der Waals surface area (Å²) in [6.07, 6.45) is 2.33. The van der Waals surface area contributed by atoms with Crippen LogP contribution in [0.25, 0.3) is 0 Å². The number of carbonyl (C=O) groups excluding carboxylic acids is 1. The summed E-state index contributed by atoms with van der Waals surface area (Å²) in [7, 11) is 1.36. The van der Waals surface area contributed by atoms with Gasteiger partial charge in [-0.1, -0.05) is 0 Å². The van der Waals surface area contributed by atoms with E-state index in [1.807, 2.05) is 0 Å². The van der Waals surface area contributed by atoms with E-state index in [1.54, 1.807) is 5.38 Å². The van der Waals surface area contributed by atoms with Crippen LogP contribution >= 0.6 is 11.3 Å².